The van der Waals surface area contributed by atoms with Gasteiger partial charge in [0.1, 0.15) is 0 Å². The standard InChI is InChI=1S/C13H26/c1-5-6-7-8-9-10-11-12-13(2,3)4/h7-8H,5-6,9-12H2,1-4H3/b8-7+. The third-order valence-corrected chi connectivity index (χ3v) is 2.17. The van der Waals surface area contributed by atoms with Crippen LogP contribution in [0.4, 0.5) is 0 Å². The van der Waals surface area contributed by atoms with Gasteiger partial charge in [-0.25, -0.2) is 0 Å². The van der Waals surface area contributed by atoms with Crippen molar-refractivity contribution in [2.75, 3.05) is 0 Å². The second kappa shape index (κ2) is 7.17. The van der Waals surface area contributed by atoms with Crippen molar-refractivity contribution in [1.29, 1.82) is 0 Å². The lowest BCUT2D eigenvalue weighted by atomic mass is 9.89. The molecule has 0 N–H and O–H groups in total. The summed E-state index contributed by atoms with van der Waals surface area (Å²) in [6.07, 6.45) is 12.5. The van der Waals surface area contributed by atoms with Crippen molar-refractivity contribution < 1.29 is 0 Å². The van der Waals surface area contributed by atoms with E-state index in [1.165, 1.54) is 38.5 Å². The zero-order valence-corrected chi connectivity index (χ0v) is 9.90. The van der Waals surface area contributed by atoms with Gasteiger partial charge in [-0.2, -0.15) is 0 Å². The van der Waals surface area contributed by atoms with E-state index in [9.17, 15) is 0 Å². The van der Waals surface area contributed by atoms with Gasteiger partial charge in [-0.3, -0.25) is 0 Å². The third-order valence-electron chi connectivity index (χ3n) is 2.17. The van der Waals surface area contributed by atoms with E-state index in [0.29, 0.717) is 5.41 Å². The minimum Gasteiger partial charge on any atom is -0.0885 e. The molecule has 13 heavy (non-hydrogen) atoms. The first-order valence-electron chi connectivity index (χ1n) is 5.71. The van der Waals surface area contributed by atoms with Gasteiger partial charge in [0.05, 0.1) is 0 Å². The van der Waals surface area contributed by atoms with Gasteiger partial charge < -0.3 is 0 Å². The van der Waals surface area contributed by atoms with E-state index >= 15 is 0 Å². The maximum absolute atomic E-state index is 2.34. The lowest BCUT2D eigenvalue weighted by Crippen LogP contribution is -2.03. The van der Waals surface area contributed by atoms with E-state index in [0.717, 1.165) is 0 Å². The van der Waals surface area contributed by atoms with Gasteiger partial charge in [0.2, 0.25) is 0 Å². The molecule has 0 amide bonds. The molecule has 0 bridgehead atoms. The van der Waals surface area contributed by atoms with Crippen molar-refractivity contribution in [3.63, 3.8) is 0 Å². The Kier molecular flexibility index (Phi) is 7.03. The topological polar surface area (TPSA) is 0 Å². The SMILES string of the molecule is CCC/C=C/CCCCC(C)(C)C. The average molecular weight is 182 g/mol. The first-order chi connectivity index (χ1) is 6.06. The van der Waals surface area contributed by atoms with Crippen LogP contribution in [0.2, 0.25) is 0 Å². The summed E-state index contributed by atoms with van der Waals surface area (Å²) in [7, 11) is 0. The van der Waals surface area contributed by atoms with Crippen LogP contribution in [0, 0.1) is 5.41 Å². The molecule has 0 saturated carbocycles. The molecule has 0 atom stereocenters. The van der Waals surface area contributed by atoms with Crippen molar-refractivity contribution >= 4 is 0 Å². The summed E-state index contributed by atoms with van der Waals surface area (Å²) < 4.78 is 0. The molecule has 0 heteroatoms. The van der Waals surface area contributed by atoms with Crippen LogP contribution in [0.3, 0.4) is 0 Å². The summed E-state index contributed by atoms with van der Waals surface area (Å²) in [6, 6.07) is 0. The molecule has 0 aliphatic carbocycles. The molecule has 0 radical (unpaired) electrons. The Morgan fingerprint density at radius 3 is 2.08 bits per heavy atom. The molecule has 0 aromatic carbocycles. The first kappa shape index (κ1) is 12.7. The molecule has 0 heterocycles. The predicted molar refractivity (Wildman–Crippen MR) is 62.0 cm³/mol. The van der Waals surface area contributed by atoms with Gasteiger partial charge in [-0.05, 0) is 31.1 Å². The highest BCUT2D eigenvalue weighted by atomic mass is 14.1. The van der Waals surface area contributed by atoms with Crippen LogP contribution in [0.1, 0.15) is 66.2 Å². The summed E-state index contributed by atoms with van der Waals surface area (Å²) in [5, 5.41) is 0. The molecule has 0 aliphatic rings. The van der Waals surface area contributed by atoms with Crippen LogP contribution >= 0.6 is 0 Å². The molecule has 0 saturated heterocycles. The fourth-order valence-corrected chi connectivity index (χ4v) is 1.32. The van der Waals surface area contributed by atoms with Crippen molar-refractivity contribution in [3.8, 4) is 0 Å². The van der Waals surface area contributed by atoms with Crippen molar-refractivity contribution in [3.05, 3.63) is 12.2 Å². The lowest BCUT2D eigenvalue weighted by molar-refractivity contribution is 0.361. The van der Waals surface area contributed by atoms with Gasteiger partial charge in [0.25, 0.3) is 0 Å². The number of rotatable bonds is 6. The van der Waals surface area contributed by atoms with E-state index in [2.05, 4.69) is 39.8 Å². The maximum atomic E-state index is 2.34. The van der Waals surface area contributed by atoms with Crippen LogP contribution in [0.15, 0.2) is 12.2 Å². The monoisotopic (exact) mass is 182 g/mol. The molecule has 0 spiro atoms. The number of allylic oxidation sites excluding steroid dienone is 2. The average Bonchev–Trinajstić information content (AvgIpc) is 2.01. The summed E-state index contributed by atoms with van der Waals surface area (Å²) in [4.78, 5) is 0. The Balaban J connectivity index is 3.17. The summed E-state index contributed by atoms with van der Waals surface area (Å²) in [5.74, 6) is 0. The summed E-state index contributed by atoms with van der Waals surface area (Å²) >= 11 is 0. The minimum atomic E-state index is 0.521. The highest BCUT2D eigenvalue weighted by Crippen LogP contribution is 2.21. The van der Waals surface area contributed by atoms with E-state index < -0.39 is 0 Å². The maximum Gasteiger partial charge on any atom is -0.0351 e. The smallest absolute Gasteiger partial charge is 0.0351 e. The van der Waals surface area contributed by atoms with E-state index in [-0.39, 0.29) is 0 Å². The normalized spacial score (nSPS) is 12.6. The van der Waals surface area contributed by atoms with Crippen LogP contribution in [0.5, 0.6) is 0 Å². The summed E-state index contributed by atoms with van der Waals surface area (Å²) in [5.41, 5.74) is 0.521. The van der Waals surface area contributed by atoms with Gasteiger partial charge in [-0.1, -0.05) is 52.7 Å². The molecule has 0 aromatic heterocycles. The molecular formula is C13H26. The van der Waals surface area contributed by atoms with Gasteiger partial charge in [0.15, 0.2) is 0 Å². The minimum absolute atomic E-state index is 0.521. The molecule has 78 valence electrons. The first-order valence-corrected chi connectivity index (χ1v) is 5.71. The fraction of sp³-hybridized carbons (Fsp3) is 0.846. The molecule has 0 fully saturated rings. The zero-order valence-electron chi connectivity index (χ0n) is 9.90. The van der Waals surface area contributed by atoms with Crippen LogP contribution in [-0.4, -0.2) is 0 Å². The Labute approximate surface area is 84.4 Å². The van der Waals surface area contributed by atoms with Crippen LogP contribution in [0.25, 0.3) is 0 Å². The Bertz CT molecular complexity index is 125. The Morgan fingerprint density at radius 2 is 1.54 bits per heavy atom. The highest BCUT2D eigenvalue weighted by Gasteiger charge is 2.07. The molecular weight excluding hydrogens is 156 g/mol. The second-order valence-corrected chi connectivity index (χ2v) is 5.07. The number of unbranched alkanes of at least 4 members (excludes halogenated alkanes) is 3. The van der Waals surface area contributed by atoms with Crippen LogP contribution in [-0.2, 0) is 0 Å². The van der Waals surface area contributed by atoms with Gasteiger partial charge in [-0.15, -0.1) is 0 Å². The highest BCUT2D eigenvalue weighted by molar-refractivity contribution is 4.80. The van der Waals surface area contributed by atoms with Gasteiger partial charge >= 0.3 is 0 Å². The van der Waals surface area contributed by atoms with E-state index in [4.69, 9.17) is 0 Å². The van der Waals surface area contributed by atoms with Gasteiger partial charge in [0, 0.05) is 0 Å². The number of hydrogen-bond acceptors (Lipinski definition) is 0. The van der Waals surface area contributed by atoms with Crippen molar-refractivity contribution in [1.82, 2.24) is 0 Å². The molecule has 0 aromatic rings. The Morgan fingerprint density at radius 1 is 0.923 bits per heavy atom. The van der Waals surface area contributed by atoms with Crippen molar-refractivity contribution in [2.24, 2.45) is 5.41 Å². The van der Waals surface area contributed by atoms with Crippen molar-refractivity contribution in [2.45, 2.75) is 66.2 Å². The molecule has 0 aliphatic heterocycles. The zero-order chi connectivity index (χ0) is 10.2. The number of hydrogen-bond donors (Lipinski definition) is 0. The predicted octanol–water partition coefficient (Wildman–Crippen LogP) is 4.95. The second-order valence-electron chi connectivity index (χ2n) is 5.07. The van der Waals surface area contributed by atoms with E-state index in [1.54, 1.807) is 0 Å². The van der Waals surface area contributed by atoms with E-state index in [1.807, 2.05) is 0 Å². The fourth-order valence-electron chi connectivity index (χ4n) is 1.32. The quantitative estimate of drug-likeness (QED) is 0.403. The third kappa shape index (κ3) is 11.7. The lowest BCUT2D eigenvalue weighted by Gasteiger charge is -2.16. The Hall–Kier alpha value is -0.260. The summed E-state index contributed by atoms with van der Waals surface area (Å²) in [6.45, 7) is 9.18. The van der Waals surface area contributed by atoms with Crippen LogP contribution < -0.4 is 0 Å². The molecule has 0 unspecified atom stereocenters. The molecule has 0 nitrogen and oxygen atoms in total. The molecule has 0 rings (SSSR count). The largest absolute Gasteiger partial charge is 0.0885 e.